The molecular weight excluding hydrogens is 204 g/mol. The molecule has 0 aromatic carbocycles. The fraction of sp³-hybridized carbons (Fsp3) is 0.941. The SMILES string of the molecule is CCCCCCCCCCCCC[CH]C(C)C. The van der Waals surface area contributed by atoms with Crippen LogP contribution in [0.4, 0.5) is 0 Å². The Balaban J connectivity index is 2.89. The zero-order valence-corrected chi connectivity index (χ0v) is 12.6. The minimum atomic E-state index is 0.776. The average Bonchev–Trinajstić information content (AvgIpc) is 2.30. The summed E-state index contributed by atoms with van der Waals surface area (Å²) in [5, 5.41) is 0. The Hall–Kier alpha value is 0. The Labute approximate surface area is 111 Å². The quantitative estimate of drug-likeness (QED) is 0.320. The van der Waals surface area contributed by atoms with Gasteiger partial charge in [0.25, 0.3) is 0 Å². The van der Waals surface area contributed by atoms with Crippen LogP contribution in [0, 0.1) is 12.3 Å². The van der Waals surface area contributed by atoms with Crippen molar-refractivity contribution < 1.29 is 0 Å². The first kappa shape index (κ1) is 17.0. The van der Waals surface area contributed by atoms with E-state index in [0.29, 0.717) is 0 Å². The highest BCUT2D eigenvalue weighted by atomic mass is 14.0. The van der Waals surface area contributed by atoms with Crippen molar-refractivity contribution in [1.82, 2.24) is 0 Å². The standard InChI is InChI=1S/C17H35/c1-4-5-6-7-8-9-10-11-12-13-14-15-16-17(2)3/h16-17H,4-15H2,1-3H3. The topological polar surface area (TPSA) is 0 Å². The molecule has 0 heterocycles. The van der Waals surface area contributed by atoms with Gasteiger partial charge in [-0.2, -0.15) is 0 Å². The first-order valence-electron chi connectivity index (χ1n) is 8.10. The molecule has 17 heavy (non-hydrogen) atoms. The normalized spacial score (nSPS) is 11.3. The van der Waals surface area contributed by atoms with E-state index < -0.39 is 0 Å². The van der Waals surface area contributed by atoms with Gasteiger partial charge in [-0.25, -0.2) is 0 Å². The molecule has 0 saturated carbocycles. The van der Waals surface area contributed by atoms with Gasteiger partial charge in [0.1, 0.15) is 0 Å². The minimum absolute atomic E-state index is 0.776. The van der Waals surface area contributed by atoms with Crippen molar-refractivity contribution in [2.45, 2.75) is 97.8 Å². The summed E-state index contributed by atoms with van der Waals surface area (Å²) in [5.41, 5.74) is 0. The maximum Gasteiger partial charge on any atom is -0.0360 e. The summed E-state index contributed by atoms with van der Waals surface area (Å²) >= 11 is 0. The number of unbranched alkanes of at least 4 members (excludes halogenated alkanes) is 11. The van der Waals surface area contributed by atoms with Crippen molar-refractivity contribution >= 4 is 0 Å². The summed E-state index contributed by atoms with van der Waals surface area (Å²) in [7, 11) is 0. The second kappa shape index (κ2) is 14.1. The molecule has 0 spiro atoms. The smallest absolute Gasteiger partial charge is 0.0360 e. The van der Waals surface area contributed by atoms with Crippen LogP contribution >= 0.6 is 0 Å². The molecule has 1 radical (unpaired) electrons. The Morgan fingerprint density at radius 3 is 1.47 bits per heavy atom. The largest absolute Gasteiger partial charge is 0.0654 e. The summed E-state index contributed by atoms with van der Waals surface area (Å²) in [4.78, 5) is 0. The molecule has 0 bridgehead atoms. The van der Waals surface area contributed by atoms with Crippen molar-refractivity contribution in [3.05, 3.63) is 6.42 Å². The molecule has 0 aliphatic rings. The van der Waals surface area contributed by atoms with Gasteiger partial charge in [0.2, 0.25) is 0 Å². The van der Waals surface area contributed by atoms with Crippen LogP contribution in [-0.2, 0) is 0 Å². The highest BCUT2D eigenvalue weighted by Crippen LogP contribution is 2.13. The van der Waals surface area contributed by atoms with Crippen LogP contribution in [0.1, 0.15) is 97.8 Å². The Morgan fingerprint density at radius 2 is 1.06 bits per heavy atom. The van der Waals surface area contributed by atoms with E-state index in [2.05, 4.69) is 27.2 Å². The van der Waals surface area contributed by atoms with Crippen LogP contribution in [0.25, 0.3) is 0 Å². The van der Waals surface area contributed by atoms with E-state index in [4.69, 9.17) is 0 Å². The monoisotopic (exact) mass is 239 g/mol. The molecule has 0 unspecified atom stereocenters. The molecule has 0 fully saturated rings. The lowest BCUT2D eigenvalue weighted by molar-refractivity contribution is 0.544. The van der Waals surface area contributed by atoms with Crippen LogP contribution < -0.4 is 0 Å². The van der Waals surface area contributed by atoms with Gasteiger partial charge in [0.05, 0.1) is 0 Å². The number of rotatable bonds is 13. The van der Waals surface area contributed by atoms with E-state index in [0.717, 1.165) is 5.92 Å². The first-order valence-corrected chi connectivity index (χ1v) is 8.10. The van der Waals surface area contributed by atoms with Crippen molar-refractivity contribution in [3.8, 4) is 0 Å². The van der Waals surface area contributed by atoms with Crippen LogP contribution in [0.15, 0.2) is 0 Å². The number of hydrogen-bond acceptors (Lipinski definition) is 0. The molecule has 0 aliphatic carbocycles. The van der Waals surface area contributed by atoms with Crippen molar-refractivity contribution in [1.29, 1.82) is 0 Å². The fourth-order valence-electron chi connectivity index (χ4n) is 2.26. The average molecular weight is 239 g/mol. The molecule has 0 atom stereocenters. The van der Waals surface area contributed by atoms with Crippen molar-refractivity contribution in [2.75, 3.05) is 0 Å². The van der Waals surface area contributed by atoms with Gasteiger partial charge in [-0.3, -0.25) is 0 Å². The van der Waals surface area contributed by atoms with E-state index >= 15 is 0 Å². The Kier molecular flexibility index (Phi) is 14.1. The van der Waals surface area contributed by atoms with Crippen LogP contribution in [0.3, 0.4) is 0 Å². The molecule has 0 heteroatoms. The highest BCUT2D eigenvalue weighted by molar-refractivity contribution is 4.68. The molecule has 0 aromatic rings. The van der Waals surface area contributed by atoms with Crippen LogP contribution in [0.5, 0.6) is 0 Å². The molecule has 0 saturated heterocycles. The molecular formula is C17H35. The van der Waals surface area contributed by atoms with Gasteiger partial charge >= 0.3 is 0 Å². The van der Waals surface area contributed by atoms with E-state index in [9.17, 15) is 0 Å². The zero-order chi connectivity index (χ0) is 12.8. The van der Waals surface area contributed by atoms with E-state index in [1.54, 1.807) is 0 Å². The van der Waals surface area contributed by atoms with E-state index in [-0.39, 0.29) is 0 Å². The first-order chi connectivity index (χ1) is 8.27. The van der Waals surface area contributed by atoms with Crippen molar-refractivity contribution in [2.24, 2.45) is 5.92 Å². The molecule has 0 aliphatic heterocycles. The predicted octanol–water partition coefficient (Wildman–Crippen LogP) is 6.55. The lowest BCUT2D eigenvalue weighted by Crippen LogP contribution is -1.88. The maximum atomic E-state index is 2.45. The van der Waals surface area contributed by atoms with Gasteiger partial charge in [-0.05, 0) is 18.8 Å². The summed E-state index contributed by atoms with van der Waals surface area (Å²) in [5.74, 6) is 0.776. The zero-order valence-electron chi connectivity index (χ0n) is 12.6. The molecule has 0 rings (SSSR count). The van der Waals surface area contributed by atoms with Gasteiger partial charge < -0.3 is 0 Å². The second-order valence-corrected chi connectivity index (χ2v) is 5.80. The number of hydrogen-bond donors (Lipinski definition) is 0. The summed E-state index contributed by atoms with van der Waals surface area (Å²) < 4.78 is 0. The minimum Gasteiger partial charge on any atom is -0.0654 e. The Bertz CT molecular complexity index is 126. The summed E-state index contributed by atoms with van der Waals surface area (Å²) in [6, 6.07) is 0. The highest BCUT2D eigenvalue weighted by Gasteiger charge is 1.95. The predicted molar refractivity (Wildman–Crippen MR) is 80.2 cm³/mol. The second-order valence-electron chi connectivity index (χ2n) is 5.80. The molecule has 0 N–H and O–H groups in total. The lowest BCUT2D eigenvalue weighted by atomic mass is 10.0. The maximum absolute atomic E-state index is 2.45. The van der Waals surface area contributed by atoms with E-state index in [1.807, 2.05) is 0 Å². The lowest BCUT2D eigenvalue weighted by Gasteiger charge is -2.04. The molecule has 103 valence electrons. The fourth-order valence-corrected chi connectivity index (χ4v) is 2.26. The van der Waals surface area contributed by atoms with Gasteiger partial charge in [-0.15, -0.1) is 0 Å². The third-order valence-corrected chi connectivity index (χ3v) is 3.45. The Morgan fingerprint density at radius 1 is 0.647 bits per heavy atom. The van der Waals surface area contributed by atoms with Crippen molar-refractivity contribution in [3.63, 3.8) is 0 Å². The third-order valence-electron chi connectivity index (χ3n) is 3.45. The summed E-state index contributed by atoms with van der Waals surface area (Å²) in [6.07, 6.45) is 19.7. The molecule has 0 amide bonds. The van der Waals surface area contributed by atoms with Gasteiger partial charge in [0.15, 0.2) is 0 Å². The van der Waals surface area contributed by atoms with E-state index in [1.165, 1.54) is 77.0 Å². The van der Waals surface area contributed by atoms with Gasteiger partial charge in [0, 0.05) is 0 Å². The van der Waals surface area contributed by atoms with Crippen LogP contribution in [-0.4, -0.2) is 0 Å². The van der Waals surface area contributed by atoms with Gasteiger partial charge in [-0.1, -0.05) is 91.4 Å². The molecule has 0 aromatic heterocycles. The van der Waals surface area contributed by atoms with Crippen LogP contribution in [0.2, 0.25) is 0 Å². The third kappa shape index (κ3) is 16.0. The summed E-state index contributed by atoms with van der Waals surface area (Å²) in [6.45, 7) is 6.84. The molecule has 0 nitrogen and oxygen atoms in total.